The molecule has 0 aromatic carbocycles. The fraction of sp³-hybridized carbons (Fsp3) is 0.0833. The number of nitrogens with zero attached hydrogens (tertiary/aromatic N) is 2. The Kier molecular flexibility index (Phi) is 3.33. The molecule has 0 amide bonds. The van der Waals surface area contributed by atoms with Gasteiger partial charge in [-0.25, -0.2) is 9.19 Å². The Morgan fingerprint density at radius 1 is 1.45 bits per heavy atom. The van der Waals surface area contributed by atoms with E-state index in [9.17, 15) is 9.00 Å². The molecule has 102 valence electrons. The molecule has 3 aromatic rings. The number of pyridine rings is 1. The lowest BCUT2D eigenvalue weighted by Gasteiger charge is -2.01. The summed E-state index contributed by atoms with van der Waals surface area (Å²) in [6.07, 6.45) is 1.43. The quantitative estimate of drug-likeness (QED) is 0.799. The lowest BCUT2D eigenvalue weighted by molar-refractivity contribution is 0.107. The van der Waals surface area contributed by atoms with Crippen molar-refractivity contribution in [3.63, 3.8) is 0 Å². The van der Waals surface area contributed by atoms with E-state index in [-0.39, 0.29) is 10.9 Å². The molecule has 0 bridgehead atoms. The van der Waals surface area contributed by atoms with Gasteiger partial charge in [-0.3, -0.25) is 9.78 Å². The van der Waals surface area contributed by atoms with Crippen LogP contribution in [0, 0.1) is 0 Å². The average molecular weight is 307 g/mol. The van der Waals surface area contributed by atoms with E-state index in [0.717, 1.165) is 5.52 Å². The number of imidazole rings is 1. The first-order chi connectivity index (χ1) is 9.69. The highest BCUT2D eigenvalue weighted by Gasteiger charge is 2.22. The fourth-order valence-corrected chi connectivity index (χ4v) is 3.20. The number of aromatic amines is 1. The second kappa shape index (κ2) is 5.14. The van der Waals surface area contributed by atoms with Crippen molar-refractivity contribution in [2.75, 3.05) is 7.11 Å². The smallest absolute Gasteiger partial charge is 0.275 e. The Balaban J connectivity index is 1.93. The standard InChI is InChI=1S/C12H9N3O3S2/c1-18-7-2-3-13-8(4-7)11(16)20(17)12-14-9-5-19-6-10(9)15-12/h2-6H,1H3,(H,14,15). The lowest BCUT2D eigenvalue weighted by Crippen LogP contribution is -2.11. The van der Waals surface area contributed by atoms with Gasteiger partial charge in [-0.05, 0) is 6.07 Å². The van der Waals surface area contributed by atoms with Crippen molar-refractivity contribution in [1.82, 2.24) is 15.0 Å². The molecule has 0 saturated carbocycles. The highest BCUT2D eigenvalue weighted by Crippen LogP contribution is 2.19. The van der Waals surface area contributed by atoms with Crippen molar-refractivity contribution in [2.45, 2.75) is 5.16 Å². The Labute approximate surface area is 120 Å². The third-order valence-corrected chi connectivity index (χ3v) is 4.45. The highest BCUT2D eigenvalue weighted by atomic mass is 32.2. The predicted molar refractivity (Wildman–Crippen MR) is 75.5 cm³/mol. The van der Waals surface area contributed by atoms with Crippen LogP contribution in [0.5, 0.6) is 5.75 Å². The average Bonchev–Trinajstić information content (AvgIpc) is 3.07. The minimum Gasteiger partial charge on any atom is -0.497 e. The van der Waals surface area contributed by atoms with Gasteiger partial charge < -0.3 is 9.72 Å². The minimum atomic E-state index is -1.92. The van der Waals surface area contributed by atoms with Gasteiger partial charge in [-0.15, -0.1) is 11.3 Å². The van der Waals surface area contributed by atoms with Gasteiger partial charge in [-0.2, -0.15) is 0 Å². The number of hydrogen-bond donors (Lipinski definition) is 1. The summed E-state index contributed by atoms with van der Waals surface area (Å²) in [6.45, 7) is 0. The van der Waals surface area contributed by atoms with Gasteiger partial charge in [0, 0.05) is 23.0 Å². The highest BCUT2D eigenvalue weighted by molar-refractivity contribution is 8.00. The van der Waals surface area contributed by atoms with Crippen LogP contribution in [0.3, 0.4) is 0 Å². The lowest BCUT2D eigenvalue weighted by atomic mass is 10.3. The molecule has 0 radical (unpaired) electrons. The maximum atomic E-state index is 12.2. The molecule has 1 unspecified atom stereocenters. The first kappa shape index (κ1) is 12.9. The van der Waals surface area contributed by atoms with E-state index in [0.29, 0.717) is 11.3 Å². The first-order valence-electron chi connectivity index (χ1n) is 5.57. The number of carbonyl (C=O) groups excluding carboxylic acids is 1. The van der Waals surface area contributed by atoms with Gasteiger partial charge in [0.25, 0.3) is 5.12 Å². The van der Waals surface area contributed by atoms with Crippen LogP contribution in [0.4, 0.5) is 0 Å². The molecule has 0 aliphatic carbocycles. The van der Waals surface area contributed by atoms with Crippen molar-refractivity contribution in [2.24, 2.45) is 0 Å². The van der Waals surface area contributed by atoms with Crippen LogP contribution in [0.2, 0.25) is 0 Å². The van der Waals surface area contributed by atoms with E-state index in [2.05, 4.69) is 15.0 Å². The Bertz CT molecular complexity index is 781. The number of ether oxygens (including phenoxy) is 1. The molecule has 0 aliphatic rings. The zero-order valence-corrected chi connectivity index (χ0v) is 12.0. The second-order valence-electron chi connectivity index (χ2n) is 3.85. The first-order valence-corrected chi connectivity index (χ1v) is 7.66. The molecule has 0 saturated heterocycles. The van der Waals surface area contributed by atoms with Gasteiger partial charge in [-0.1, -0.05) is 0 Å². The van der Waals surface area contributed by atoms with E-state index in [1.165, 1.54) is 30.7 Å². The normalized spacial score (nSPS) is 12.4. The number of carbonyl (C=O) groups is 1. The van der Waals surface area contributed by atoms with Crippen LogP contribution in [0.1, 0.15) is 10.5 Å². The van der Waals surface area contributed by atoms with Gasteiger partial charge in [0.2, 0.25) is 5.16 Å². The number of thiophene rings is 1. The zero-order valence-electron chi connectivity index (χ0n) is 10.3. The van der Waals surface area contributed by atoms with E-state index in [1.807, 2.05) is 10.8 Å². The van der Waals surface area contributed by atoms with Crippen molar-refractivity contribution in [3.05, 3.63) is 34.8 Å². The summed E-state index contributed by atoms with van der Waals surface area (Å²) in [5.41, 5.74) is 1.55. The largest absolute Gasteiger partial charge is 0.497 e. The summed E-state index contributed by atoms with van der Waals surface area (Å²) >= 11 is 1.48. The second-order valence-corrected chi connectivity index (χ2v) is 5.89. The van der Waals surface area contributed by atoms with Crippen LogP contribution in [-0.2, 0) is 10.8 Å². The maximum absolute atomic E-state index is 12.2. The summed E-state index contributed by atoms with van der Waals surface area (Å²) in [5, 5.41) is 3.19. The van der Waals surface area contributed by atoms with Crippen LogP contribution < -0.4 is 4.74 Å². The van der Waals surface area contributed by atoms with E-state index >= 15 is 0 Å². The minimum absolute atomic E-state index is 0.0848. The topological polar surface area (TPSA) is 84.9 Å². The molecule has 3 rings (SSSR count). The summed E-state index contributed by atoms with van der Waals surface area (Å²) in [6, 6.07) is 3.06. The van der Waals surface area contributed by atoms with Gasteiger partial charge in [0.1, 0.15) is 17.0 Å². The number of methoxy groups -OCH3 is 1. The van der Waals surface area contributed by atoms with E-state index < -0.39 is 15.9 Å². The Morgan fingerprint density at radius 2 is 2.30 bits per heavy atom. The molecule has 0 aliphatic heterocycles. The summed E-state index contributed by atoms with van der Waals surface area (Å²) < 4.78 is 17.2. The third kappa shape index (κ3) is 2.23. The van der Waals surface area contributed by atoms with Gasteiger partial charge in [0.05, 0.1) is 12.6 Å². The molecular weight excluding hydrogens is 298 g/mol. The Morgan fingerprint density at radius 3 is 3.05 bits per heavy atom. The molecule has 8 heteroatoms. The molecule has 3 heterocycles. The number of hydrogen-bond acceptors (Lipinski definition) is 6. The number of fused-ring (bicyclic) bond motifs is 1. The number of H-pyrrole nitrogens is 1. The molecule has 6 nitrogen and oxygen atoms in total. The Hall–Kier alpha value is -2.06. The zero-order chi connectivity index (χ0) is 14.1. The molecule has 1 N–H and O–H groups in total. The SMILES string of the molecule is COc1ccnc(C(=O)S(=O)c2nc3cscc3[nH]2)c1. The number of nitrogens with one attached hydrogen (secondary N) is 1. The molecule has 1 atom stereocenters. The maximum Gasteiger partial charge on any atom is 0.275 e. The fourth-order valence-electron chi connectivity index (χ4n) is 1.64. The van der Waals surface area contributed by atoms with Gasteiger partial charge >= 0.3 is 0 Å². The van der Waals surface area contributed by atoms with Crippen molar-refractivity contribution in [1.29, 1.82) is 0 Å². The molecule has 0 fully saturated rings. The monoisotopic (exact) mass is 307 g/mol. The third-order valence-electron chi connectivity index (χ3n) is 2.63. The molecule has 3 aromatic heterocycles. The molecule has 20 heavy (non-hydrogen) atoms. The van der Waals surface area contributed by atoms with Crippen molar-refractivity contribution < 1.29 is 13.7 Å². The summed E-state index contributed by atoms with van der Waals surface area (Å²) in [7, 11) is -0.432. The molecular formula is C12H9N3O3S2. The van der Waals surface area contributed by atoms with Crippen LogP contribution in [0.25, 0.3) is 11.0 Å². The number of aromatic nitrogens is 3. The van der Waals surface area contributed by atoms with Crippen LogP contribution in [-0.4, -0.2) is 31.4 Å². The summed E-state index contributed by atoms with van der Waals surface area (Å²) in [4.78, 5) is 23.1. The van der Waals surface area contributed by atoms with Crippen LogP contribution >= 0.6 is 11.3 Å². The number of rotatable bonds is 3. The predicted octanol–water partition coefficient (Wildman–Crippen LogP) is 1.98. The van der Waals surface area contributed by atoms with Crippen molar-refractivity contribution >= 4 is 38.3 Å². The van der Waals surface area contributed by atoms with Crippen LogP contribution in [0.15, 0.2) is 34.2 Å². The van der Waals surface area contributed by atoms with E-state index in [1.54, 1.807) is 6.07 Å². The summed E-state index contributed by atoms with van der Waals surface area (Å²) in [5.74, 6) is 0.486. The van der Waals surface area contributed by atoms with Gasteiger partial charge in [0.15, 0.2) is 10.8 Å². The molecule has 0 spiro atoms. The van der Waals surface area contributed by atoms with E-state index in [4.69, 9.17) is 4.74 Å². The van der Waals surface area contributed by atoms with Crippen molar-refractivity contribution in [3.8, 4) is 5.75 Å².